The van der Waals surface area contributed by atoms with Gasteiger partial charge in [0, 0.05) is 16.5 Å². The van der Waals surface area contributed by atoms with Crippen LogP contribution in [0.3, 0.4) is 0 Å². The number of thiophene rings is 1. The zero-order valence-corrected chi connectivity index (χ0v) is 19.1. The number of anilines is 1. The molecule has 1 atom stereocenters. The van der Waals surface area contributed by atoms with Crippen molar-refractivity contribution in [1.29, 1.82) is 0 Å². The lowest BCUT2D eigenvalue weighted by molar-refractivity contribution is 0.181. The average molecular weight is 428 g/mol. The van der Waals surface area contributed by atoms with Gasteiger partial charge in [0.2, 0.25) is 0 Å². The van der Waals surface area contributed by atoms with Gasteiger partial charge in [-0.1, -0.05) is 6.92 Å². The lowest BCUT2D eigenvalue weighted by Gasteiger charge is -2.29. The second-order valence-electron chi connectivity index (χ2n) is 8.74. The van der Waals surface area contributed by atoms with E-state index in [2.05, 4.69) is 41.4 Å². The molecule has 2 aliphatic rings. The molecule has 0 aromatic carbocycles. The van der Waals surface area contributed by atoms with E-state index in [0.29, 0.717) is 5.92 Å². The van der Waals surface area contributed by atoms with Gasteiger partial charge in [-0.05, 0) is 70.0 Å². The Morgan fingerprint density at radius 1 is 1.17 bits per heavy atom. The smallest absolute Gasteiger partial charge is 0.146 e. The van der Waals surface area contributed by atoms with Crippen LogP contribution < -0.4 is 5.32 Å². The van der Waals surface area contributed by atoms with Crippen molar-refractivity contribution in [2.45, 2.75) is 59.0 Å². The monoisotopic (exact) mass is 427 g/mol. The number of rotatable bonds is 6. The fraction of sp³-hybridized carbons (Fsp3) is 0.591. The van der Waals surface area contributed by atoms with E-state index in [1.807, 2.05) is 6.20 Å². The third kappa shape index (κ3) is 4.05. The van der Waals surface area contributed by atoms with Crippen LogP contribution in [0.4, 0.5) is 5.82 Å². The molecular weight excluding hydrogens is 398 g/mol. The Labute approximate surface area is 180 Å². The molecule has 0 amide bonds. The summed E-state index contributed by atoms with van der Waals surface area (Å²) >= 11 is 3.54. The average Bonchev–Trinajstić information content (AvgIpc) is 3.32. The molecule has 3 aromatic heterocycles. The molecule has 3 aromatic rings. The molecular formula is C22H29N5S2. The Morgan fingerprint density at radius 2 is 1.97 bits per heavy atom. The number of aryl methyl sites for hydroxylation is 2. The van der Waals surface area contributed by atoms with Crippen LogP contribution in [0.25, 0.3) is 10.2 Å². The van der Waals surface area contributed by atoms with Gasteiger partial charge in [-0.25, -0.2) is 15.0 Å². The molecule has 7 heteroatoms. The summed E-state index contributed by atoms with van der Waals surface area (Å²) in [6.07, 6.45) is 7.00. The van der Waals surface area contributed by atoms with E-state index < -0.39 is 0 Å². The van der Waals surface area contributed by atoms with E-state index in [4.69, 9.17) is 9.97 Å². The van der Waals surface area contributed by atoms with Crippen LogP contribution in [0.2, 0.25) is 0 Å². The van der Waals surface area contributed by atoms with Gasteiger partial charge in [0.1, 0.15) is 21.5 Å². The van der Waals surface area contributed by atoms with E-state index in [1.165, 1.54) is 46.5 Å². The second kappa shape index (κ2) is 7.93. The summed E-state index contributed by atoms with van der Waals surface area (Å²) < 4.78 is 0. The van der Waals surface area contributed by atoms with Crippen molar-refractivity contribution < 1.29 is 0 Å². The minimum atomic E-state index is 0.261. The largest absolute Gasteiger partial charge is 0.360 e. The Balaban J connectivity index is 1.48. The van der Waals surface area contributed by atoms with Gasteiger partial charge in [0.25, 0.3) is 0 Å². The maximum Gasteiger partial charge on any atom is 0.146 e. The predicted octanol–water partition coefficient (Wildman–Crippen LogP) is 5.56. The molecule has 0 spiro atoms. The van der Waals surface area contributed by atoms with Crippen molar-refractivity contribution in [1.82, 2.24) is 19.9 Å². The molecule has 5 rings (SSSR count). The molecule has 4 heterocycles. The summed E-state index contributed by atoms with van der Waals surface area (Å²) in [5, 5.41) is 8.26. The van der Waals surface area contributed by atoms with Gasteiger partial charge in [-0.3, -0.25) is 4.90 Å². The highest BCUT2D eigenvalue weighted by atomic mass is 32.1. The van der Waals surface area contributed by atoms with Crippen molar-refractivity contribution >= 4 is 38.7 Å². The lowest BCUT2D eigenvalue weighted by Crippen LogP contribution is -2.33. The molecule has 1 N–H and O–H groups in total. The summed E-state index contributed by atoms with van der Waals surface area (Å²) in [6.45, 7) is 9.89. The van der Waals surface area contributed by atoms with Crippen molar-refractivity contribution in [3.63, 3.8) is 0 Å². The topological polar surface area (TPSA) is 53.9 Å². The number of nitrogens with zero attached hydrogens (tertiary/aromatic N) is 4. The van der Waals surface area contributed by atoms with Gasteiger partial charge >= 0.3 is 0 Å². The molecule has 5 nitrogen and oxygen atoms in total. The lowest BCUT2D eigenvalue weighted by atomic mass is 9.99. The van der Waals surface area contributed by atoms with Crippen LogP contribution in [0.1, 0.15) is 59.9 Å². The standard InChI is InChI=1S/C22H29N5S2/c1-13-6-9-27(10-7-13)12-17-24-20(18-14(2)15(3)29-21(18)25-17)26-19(16-4-5-16)22-23-8-11-28-22/h8,11,13,16,19H,4-7,9-10,12H2,1-3H3,(H,24,25,26). The highest BCUT2D eigenvalue weighted by molar-refractivity contribution is 7.18. The molecule has 1 unspecified atom stereocenters. The highest BCUT2D eigenvalue weighted by Crippen LogP contribution is 2.44. The molecule has 2 fully saturated rings. The molecule has 1 saturated heterocycles. The normalized spacial score (nSPS) is 19.7. The molecule has 0 radical (unpaired) electrons. The number of aromatic nitrogens is 3. The number of piperidine rings is 1. The van der Waals surface area contributed by atoms with Crippen LogP contribution in [-0.2, 0) is 6.54 Å². The van der Waals surface area contributed by atoms with Crippen molar-refractivity contribution in [3.8, 4) is 0 Å². The molecule has 154 valence electrons. The number of fused-ring (bicyclic) bond motifs is 1. The van der Waals surface area contributed by atoms with Gasteiger partial charge < -0.3 is 5.32 Å². The van der Waals surface area contributed by atoms with Crippen LogP contribution in [-0.4, -0.2) is 32.9 Å². The van der Waals surface area contributed by atoms with Crippen LogP contribution in [0.15, 0.2) is 11.6 Å². The van der Waals surface area contributed by atoms with E-state index in [0.717, 1.165) is 42.0 Å². The maximum absolute atomic E-state index is 5.07. The first-order valence-electron chi connectivity index (χ1n) is 10.7. The highest BCUT2D eigenvalue weighted by Gasteiger charge is 2.35. The Kier molecular flexibility index (Phi) is 5.30. The number of hydrogen-bond donors (Lipinski definition) is 1. The van der Waals surface area contributed by atoms with Crippen LogP contribution >= 0.6 is 22.7 Å². The van der Waals surface area contributed by atoms with E-state index in [1.54, 1.807) is 22.7 Å². The SMILES string of the molecule is Cc1sc2nc(CN3CCC(C)CC3)nc(NC(c3nccs3)C3CC3)c2c1C. The minimum Gasteiger partial charge on any atom is -0.360 e. The summed E-state index contributed by atoms with van der Waals surface area (Å²) in [6, 6.07) is 0.261. The first-order valence-corrected chi connectivity index (χ1v) is 12.4. The Hall–Kier alpha value is -1.57. The van der Waals surface area contributed by atoms with Crippen molar-refractivity contribution in [2.75, 3.05) is 18.4 Å². The third-order valence-electron chi connectivity index (χ3n) is 6.42. The molecule has 1 aliphatic heterocycles. The zero-order chi connectivity index (χ0) is 20.0. The Morgan fingerprint density at radius 3 is 2.66 bits per heavy atom. The van der Waals surface area contributed by atoms with E-state index in [9.17, 15) is 0 Å². The number of likely N-dealkylation sites (tertiary alicyclic amines) is 1. The molecule has 1 saturated carbocycles. The van der Waals surface area contributed by atoms with Crippen molar-refractivity contribution in [3.05, 3.63) is 32.8 Å². The summed E-state index contributed by atoms with van der Waals surface area (Å²) in [4.78, 5) is 19.6. The van der Waals surface area contributed by atoms with Gasteiger partial charge in [0.05, 0.1) is 18.0 Å². The molecule has 0 bridgehead atoms. The van der Waals surface area contributed by atoms with E-state index in [-0.39, 0.29) is 6.04 Å². The second-order valence-corrected chi connectivity index (χ2v) is 10.9. The predicted molar refractivity (Wildman–Crippen MR) is 122 cm³/mol. The third-order valence-corrected chi connectivity index (χ3v) is 8.38. The maximum atomic E-state index is 5.07. The fourth-order valence-electron chi connectivity index (χ4n) is 4.24. The summed E-state index contributed by atoms with van der Waals surface area (Å²) in [5.41, 5.74) is 1.31. The Bertz CT molecular complexity index is 984. The number of nitrogens with one attached hydrogen (secondary N) is 1. The molecule has 29 heavy (non-hydrogen) atoms. The first-order chi connectivity index (χ1) is 14.1. The van der Waals surface area contributed by atoms with Gasteiger partial charge in [-0.15, -0.1) is 22.7 Å². The minimum absolute atomic E-state index is 0.261. The van der Waals surface area contributed by atoms with Gasteiger partial charge in [0.15, 0.2) is 0 Å². The summed E-state index contributed by atoms with van der Waals surface area (Å²) in [5.74, 6) is 3.46. The van der Waals surface area contributed by atoms with Crippen LogP contribution in [0, 0.1) is 25.7 Å². The fourth-order valence-corrected chi connectivity index (χ4v) is 6.06. The van der Waals surface area contributed by atoms with E-state index >= 15 is 0 Å². The number of hydrogen-bond acceptors (Lipinski definition) is 7. The number of thiazole rings is 1. The van der Waals surface area contributed by atoms with Crippen molar-refractivity contribution in [2.24, 2.45) is 11.8 Å². The van der Waals surface area contributed by atoms with Gasteiger partial charge in [-0.2, -0.15) is 0 Å². The summed E-state index contributed by atoms with van der Waals surface area (Å²) in [7, 11) is 0. The first kappa shape index (κ1) is 19.4. The molecule has 1 aliphatic carbocycles. The zero-order valence-electron chi connectivity index (χ0n) is 17.4. The van der Waals surface area contributed by atoms with Crippen LogP contribution in [0.5, 0.6) is 0 Å². The quantitative estimate of drug-likeness (QED) is 0.558.